The van der Waals surface area contributed by atoms with Crippen LogP contribution in [0.25, 0.3) is 11.0 Å². The number of halogens is 1. The van der Waals surface area contributed by atoms with E-state index in [0.717, 1.165) is 0 Å². The van der Waals surface area contributed by atoms with Gasteiger partial charge in [0.05, 0.1) is 9.53 Å². The van der Waals surface area contributed by atoms with Crippen LogP contribution in [0.1, 0.15) is 0 Å². The first kappa shape index (κ1) is 9.69. The molecule has 1 aromatic heterocycles. The lowest BCUT2D eigenvalue weighted by molar-refractivity contribution is -0.482. The van der Waals surface area contributed by atoms with Crippen LogP contribution in [0, 0.1) is 10.1 Å². The standard InChI is InChI=1S/C7H5ClN4O3/c8-4-1-2-5-6(3-4)12(14)10-7(15-9)11(5)13/h1-3H,9H2. The Morgan fingerprint density at radius 1 is 1.60 bits per heavy atom. The van der Waals surface area contributed by atoms with Gasteiger partial charge in [-0.05, 0) is 18.2 Å². The van der Waals surface area contributed by atoms with E-state index in [9.17, 15) is 10.1 Å². The maximum atomic E-state index is 11.5. The normalized spacial score (nSPS) is 10.5. The molecule has 2 N–H and O–H groups in total. The third kappa shape index (κ3) is 1.47. The van der Waals surface area contributed by atoms with E-state index >= 15 is 0 Å². The number of benzene rings is 1. The molecule has 0 amide bonds. The Labute approximate surface area is 87.8 Å². The minimum Gasteiger partial charge on any atom is -0.772 e. The molecule has 2 aromatic rings. The third-order valence-electron chi connectivity index (χ3n) is 1.82. The highest BCUT2D eigenvalue weighted by atomic mass is 35.5. The summed E-state index contributed by atoms with van der Waals surface area (Å²) in [5.74, 6) is 4.78. The van der Waals surface area contributed by atoms with Gasteiger partial charge in [-0.2, -0.15) is 10.7 Å². The molecule has 0 aliphatic carbocycles. The third-order valence-corrected chi connectivity index (χ3v) is 2.05. The van der Waals surface area contributed by atoms with Crippen LogP contribution in [0.2, 0.25) is 5.02 Å². The molecule has 0 atom stereocenters. The van der Waals surface area contributed by atoms with E-state index in [1.165, 1.54) is 18.2 Å². The Kier molecular flexibility index (Phi) is 2.18. The molecule has 0 radical (unpaired) electrons. The van der Waals surface area contributed by atoms with Crippen molar-refractivity contribution in [2.75, 3.05) is 0 Å². The summed E-state index contributed by atoms with van der Waals surface area (Å²) in [7, 11) is 0. The summed E-state index contributed by atoms with van der Waals surface area (Å²) < 4.78 is 0.306. The van der Waals surface area contributed by atoms with Gasteiger partial charge in [-0.15, -0.1) is 0 Å². The zero-order chi connectivity index (χ0) is 11.0. The minimum atomic E-state index is -0.528. The first-order valence-electron chi connectivity index (χ1n) is 3.83. The smallest absolute Gasteiger partial charge is 0.584 e. The molecule has 0 spiro atoms. The Morgan fingerprint density at radius 2 is 2.33 bits per heavy atom. The molecule has 7 nitrogen and oxygen atoms in total. The second-order valence-electron chi connectivity index (χ2n) is 2.70. The summed E-state index contributed by atoms with van der Waals surface area (Å²) in [6.07, 6.45) is 0. The van der Waals surface area contributed by atoms with Crippen molar-refractivity contribution in [3.05, 3.63) is 33.3 Å². The fourth-order valence-corrected chi connectivity index (χ4v) is 1.33. The first-order chi connectivity index (χ1) is 7.13. The van der Waals surface area contributed by atoms with Gasteiger partial charge in [-0.1, -0.05) is 16.5 Å². The fraction of sp³-hybridized carbons (Fsp3) is 0. The van der Waals surface area contributed by atoms with Crippen molar-refractivity contribution in [1.82, 2.24) is 9.94 Å². The molecule has 0 aliphatic heterocycles. The van der Waals surface area contributed by atoms with Crippen LogP contribution in [-0.4, -0.2) is 9.94 Å². The molecule has 0 bridgehead atoms. The first-order valence-corrected chi connectivity index (χ1v) is 4.20. The summed E-state index contributed by atoms with van der Waals surface area (Å²) in [6.45, 7) is 0. The molecule has 1 heterocycles. The van der Waals surface area contributed by atoms with Gasteiger partial charge in [-0.3, -0.25) is 0 Å². The van der Waals surface area contributed by atoms with Gasteiger partial charge in [0.25, 0.3) is 0 Å². The lowest BCUT2D eigenvalue weighted by Gasteiger charge is -2.05. The largest absolute Gasteiger partial charge is 0.772 e. The highest BCUT2D eigenvalue weighted by Gasteiger charge is 2.17. The van der Waals surface area contributed by atoms with Crippen molar-refractivity contribution in [3.63, 3.8) is 0 Å². The molecule has 8 heteroatoms. The summed E-state index contributed by atoms with van der Waals surface area (Å²) in [5.41, 5.74) is 0.114. The Hall–Kier alpha value is -1.86. The van der Waals surface area contributed by atoms with Gasteiger partial charge in [0.1, 0.15) is 5.52 Å². The number of aromatic nitrogens is 3. The van der Waals surface area contributed by atoms with E-state index in [4.69, 9.17) is 17.5 Å². The summed E-state index contributed by atoms with van der Waals surface area (Å²) in [4.78, 5) is 15.8. The van der Waals surface area contributed by atoms with Crippen molar-refractivity contribution < 1.29 is 9.26 Å². The molecule has 0 saturated carbocycles. The van der Waals surface area contributed by atoms with E-state index in [1.807, 2.05) is 0 Å². The van der Waals surface area contributed by atoms with Crippen LogP contribution in [0.4, 0.5) is 0 Å². The quantitative estimate of drug-likeness (QED) is 0.555. The summed E-state index contributed by atoms with van der Waals surface area (Å²) in [6, 6.07) is 3.65. The molecule has 2 rings (SSSR count). The van der Waals surface area contributed by atoms with Crippen molar-refractivity contribution in [1.29, 1.82) is 0 Å². The Bertz CT molecular complexity index is 582. The van der Waals surface area contributed by atoms with Crippen LogP contribution in [0.15, 0.2) is 18.2 Å². The number of nitrogens with zero attached hydrogens (tertiary/aromatic N) is 3. The predicted molar refractivity (Wildman–Crippen MR) is 51.7 cm³/mol. The number of nitrogens with two attached hydrogens (primary N) is 1. The second kappa shape index (κ2) is 3.37. The zero-order valence-electron chi connectivity index (χ0n) is 7.25. The fourth-order valence-electron chi connectivity index (χ4n) is 1.17. The van der Waals surface area contributed by atoms with E-state index < -0.39 is 6.01 Å². The SMILES string of the molecule is NOc1nn([O-])c2cc(Cl)ccc2[n+]1=O. The minimum absolute atomic E-state index is 0.0401. The molecule has 0 aliphatic rings. The molecule has 0 saturated heterocycles. The van der Waals surface area contributed by atoms with Crippen LogP contribution < -0.4 is 15.2 Å². The average molecular weight is 229 g/mol. The summed E-state index contributed by atoms with van der Waals surface area (Å²) >= 11 is 5.67. The molecule has 1 aromatic carbocycles. The van der Waals surface area contributed by atoms with Crippen LogP contribution in [-0.2, 0) is 0 Å². The number of hydrogen-bond donors (Lipinski definition) is 1. The van der Waals surface area contributed by atoms with Gasteiger partial charge in [-0.25, -0.2) is 0 Å². The van der Waals surface area contributed by atoms with E-state index in [2.05, 4.69) is 9.94 Å². The van der Waals surface area contributed by atoms with E-state index in [1.54, 1.807) is 0 Å². The Morgan fingerprint density at radius 3 is 3.00 bits per heavy atom. The molecule has 15 heavy (non-hydrogen) atoms. The Balaban J connectivity index is 2.93. The van der Waals surface area contributed by atoms with Gasteiger partial charge in [0.15, 0.2) is 0 Å². The van der Waals surface area contributed by atoms with Crippen molar-refractivity contribution in [2.24, 2.45) is 5.90 Å². The van der Waals surface area contributed by atoms with Gasteiger partial charge < -0.3 is 10.0 Å². The van der Waals surface area contributed by atoms with Crippen LogP contribution >= 0.6 is 11.6 Å². The van der Waals surface area contributed by atoms with Crippen LogP contribution in [0.3, 0.4) is 0 Å². The van der Waals surface area contributed by atoms with Gasteiger partial charge in [0, 0.05) is 5.02 Å². The van der Waals surface area contributed by atoms with Crippen LogP contribution in [0.5, 0.6) is 6.01 Å². The van der Waals surface area contributed by atoms with Crippen molar-refractivity contribution in [2.45, 2.75) is 0 Å². The predicted octanol–water partition coefficient (Wildman–Crippen LogP) is 0.203. The van der Waals surface area contributed by atoms with Gasteiger partial charge >= 0.3 is 6.01 Å². The lowest BCUT2D eigenvalue weighted by Crippen LogP contribution is -2.26. The molecule has 78 valence electrons. The molecular weight excluding hydrogens is 224 g/mol. The monoisotopic (exact) mass is 228 g/mol. The molecular formula is C7H5ClN4O3. The van der Waals surface area contributed by atoms with E-state index in [-0.39, 0.29) is 15.9 Å². The second-order valence-corrected chi connectivity index (χ2v) is 3.14. The average Bonchev–Trinajstić information content (AvgIpc) is 2.23. The highest BCUT2D eigenvalue weighted by molar-refractivity contribution is 6.31. The number of hydrogen-bond acceptors (Lipinski definition) is 5. The number of rotatable bonds is 1. The highest BCUT2D eigenvalue weighted by Crippen LogP contribution is 2.16. The summed E-state index contributed by atoms with van der Waals surface area (Å²) in [5, 5.41) is 14.9. The lowest BCUT2D eigenvalue weighted by atomic mass is 10.3. The molecule has 0 unspecified atom stereocenters. The number of fused-ring (bicyclic) bond motifs is 1. The zero-order valence-corrected chi connectivity index (χ0v) is 8.01. The topological polar surface area (TPSA) is 99.1 Å². The van der Waals surface area contributed by atoms with Crippen molar-refractivity contribution >= 4 is 22.6 Å². The van der Waals surface area contributed by atoms with Crippen molar-refractivity contribution in [3.8, 4) is 6.01 Å². The van der Waals surface area contributed by atoms with Gasteiger partial charge in [0.2, 0.25) is 5.52 Å². The molecule has 0 fully saturated rings. The van der Waals surface area contributed by atoms with E-state index in [0.29, 0.717) is 9.45 Å². The maximum Gasteiger partial charge on any atom is 0.584 e. The maximum absolute atomic E-state index is 11.5.